The van der Waals surface area contributed by atoms with Crippen LogP contribution in [0.25, 0.3) is 0 Å². The molecule has 8 nitrogen and oxygen atoms in total. The molecule has 0 saturated heterocycles. The average molecular weight is 475 g/mol. The molecule has 4 rings (SSSR count). The van der Waals surface area contributed by atoms with Gasteiger partial charge in [0.05, 0.1) is 38.1 Å². The summed E-state index contributed by atoms with van der Waals surface area (Å²) < 4.78 is 0. The van der Waals surface area contributed by atoms with Crippen LogP contribution >= 0.6 is 0 Å². The predicted molar refractivity (Wildman–Crippen MR) is 132 cm³/mol. The van der Waals surface area contributed by atoms with E-state index >= 15 is 0 Å². The molecule has 35 heavy (non-hydrogen) atoms. The maximum absolute atomic E-state index is 13.2. The van der Waals surface area contributed by atoms with Crippen LogP contribution in [0.3, 0.4) is 0 Å². The van der Waals surface area contributed by atoms with E-state index in [1.807, 2.05) is 67.6 Å². The quantitative estimate of drug-likeness (QED) is 0.448. The summed E-state index contributed by atoms with van der Waals surface area (Å²) in [6.07, 6.45) is 1.72. The lowest BCUT2D eigenvalue weighted by Gasteiger charge is -2.34. The first-order valence-electron chi connectivity index (χ1n) is 11.7. The van der Waals surface area contributed by atoms with Gasteiger partial charge in [-0.05, 0) is 42.2 Å². The number of carboxylic acids is 1. The first kappa shape index (κ1) is 24.4. The fourth-order valence-corrected chi connectivity index (χ4v) is 4.15. The molecule has 182 valence electrons. The van der Waals surface area contributed by atoms with Crippen LogP contribution < -0.4 is 5.32 Å². The molecule has 0 radical (unpaired) electrons. The molecule has 2 N–H and O–H groups in total. The summed E-state index contributed by atoms with van der Waals surface area (Å²) in [5.74, 6) is -1.12. The number of benzene rings is 2. The highest BCUT2D eigenvalue weighted by molar-refractivity contribution is 5.92. The van der Waals surface area contributed by atoms with Gasteiger partial charge in [0.15, 0.2) is 0 Å². The van der Waals surface area contributed by atoms with Crippen LogP contribution in [0.4, 0.5) is 5.69 Å². The molecular weight excluding hydrogens is 444 g/mol. The molecule has 1 aromatic heterocycles. The zero-order valence-electron chi connectivity index (χ0n) is 20.0. The van der Waals surface area contributed by atoms with Gasteiger partial charge in [-0.2, -0.15) is 0 Å². The number of hydrogen-bond acceptors (Lipinski definition) is 6. The van der Waals surface area contributed by atoms with Gasteiger partial charge in [0, 0.05) is 12.6 Å². The van der Waals surface area contributed by atoms with Crippen LogP contribution in [-0.4, -0.2) is 45.2 Å². The summed E-state index contributed by atoms with van der Waals surface area (Å²) in [6.45, 7) is 5.97. The van der Waals surface area contributed by atoms with Crippen molar-refractivity contribution in [2.75, 3.05) is 18.6 Å². The number of pyridine rings is 1. The van der Waals surface area contributed by atoms with Crippen LogP contribution in [0.2, 0.25) is 0 Å². The topological polar surface area (TPSA) is 95.0 Å². The number of rotatable bonds is 9. The SMILES string of the molecule is CCON(Cc1ccccc1)C(=O)c1cc2c(cn1)NCN(C(C)c1ccc(CC(=O)O)cc1)C2. The van der Waals surface area contributed by atoms with Gasteiger partial charge < -0.3 is 10.4 Å². The van der Waals surface area contributed by atoms with Crippen molar-refractivity contribution in [3.05, 3.63) is 94.8 Å². The van der Waals surface area contributed by atoms with Crippen LogP contribution in [0.1, 0.15) is 52.6 Å². The van der Waals surface area contributed by atoms with Gasteiger partial charge >= 0.3 is 5.97 Å². The van der Waals surface area contributed by atoms with Gasteiger partial charge in [-0.25, -0.2) is 10.0 Å². The number of amides is 1. The Morgan fingerprint density at radius 2 is 1.89 bits per heavy atom. The Balaban J connectivity index is 1.48. The summed E-state index contributed by atoms with van der Waals surface area (Å²) in [5.41, 5.74) is 5.08. The van der Waals surface area contributed by atoms with Gasteiger partial charge in [0.2, 0.25) is 0 Å². The third kappa shape index (κ3) is 6.03. The fourth-order valence-electron chi connectivity index (χ4n) is 4.15. The van der Waals surface area contributed by atoms with Crippen molar-refractivity contribution < 1.29 is 19.5 Å². The Morgan fingerprint density at radius 3 is 2.57 bits per heavy atom. The van der Waals surface area contributed by atoms with E-state index in [0.717, 1.165) is 27.9 Å². The highest BCUT2D eigenvalue weighted by Crippen LogP contribution is 2.29. The van der Waals surface area contributed by atoms with Crippen LogP contribution in [-0.2, 0) is 29.1 Å². The number of anilines is 1. The summed E-state index contributed by atoms with van der Waals surface area (Å²) >= 11 is 0. The zero-order chi connectivity index (χ0) is 24.8. The van der Waals surface area contributed by atoms with E-state index in [4.69, 9.17) is 9.94 Å². The van der Waals surface area contributed by atoms with Gasteiger partial charge in [0.1, 0.15) is 5.69 Å². The normalized spacial score (nSPS) is 14.0. The minimum absolute atomic E-state index is 0.0140. The van der Waals surface area contributed by atoms with Gasteiger partial charge in [-0.1, -0.05) is 54.6 Å². The number of hydrogen-bond donors (Lipinski definition) is 2. The third-order valence-corrected chi connectivity index (χ3v) is 6.10. The smallest absolute Gasteiger partial charge is 0.307 e. The van der Waals surface area contributed by atoms with Crippen molar-refractivity contribution in [1.82, 2.24) is 14.9 Å². The van der Waals surface area contributed by atoms with Gasteiger partial charge in [0.25, 0.3) is 5.91 Å². The monoisotopic (exact) mass is 474 g/mol. The number of nitrogens with zero attached hydrogens (tertiary/aromatic N) is 3. The molecule has 8 heteroatoms. The van der Waals surface area contributed by atoms with Crippen molar-refractivity contribution in [2.45, 2.75) is 39.4 Å². The summed E-state index contributed by atoms with van der Waals surface area (Å²) in [6, 6.07) is 19.3. The van der Waals surface area contributed by atoms with Crippen molar-refractivity contribution in [2.24, 2.45) is 0 Å². The minimum Gasteiger partial charge on any atom is -0.481 e. The molecular formula is C27H30N4O4. The van der Waals surface area contributed by atoms with E-state index in [2.05, 4.69) is 22.1 Å². The number of carboxylic acid groups (broad SMARTS) is 1. The van der Waals surface area contributed by atoms with E-state index < -0.39 is 5.97 Å². The number of hydroxylamine groups is 2. The Labute approximate surface area is 205 Å². The Bertz CT molecular complexity index is 1170. The van der Waals surface area contributed by atoms with Gasteiger partial charge in [-0.3, -0.25) is 19.3 Å². The highest BCUT2D eigenvalue weighted by atomic mass is 16.7. The summed E-state index contributed by atoms with van der Waals surface area (Å²) in [5, 5.41) is 13.7. The second-order valence-corrected chi connectivity index (χ2v) is 8.54. The lowest BCUT2D eigenvalue weighted by atomic mass is 10.0. The first-order chi connectivity index (χ1) is 16.9. The molecule has 2 heterocycles. The fraction of sp³-hybridized carbons (Fsp3) is 0.296. The molecule has 1 amide bonds. The average Bonchev–Trinajstić information content (AvgIpc) is 2.87. The standard InChI is InChI=1S/C27H30N4O4/c1-3-35-31(16-21-7-5-4-6-8-21)27(34)24-14-23-17-30(18-29-25(23)15-28-24)19(2)22-11-9-20(10-12-22)13-26(32)33/h4-12,14-15,19,29H,3,13,16-18H2,1-2H3,(H,32,33). The highest BCUT2D eigenvalue weighted by Gasteiger charge is 2.25. The van der Waals surface area contributed by atoms with E-state index in [1.54, 1.807) is 6.20 Å². The lowest BCUT2D eigenvalue weighted by Crippen LogP contribution is -2.36. The maximum Gasteiger partial charge on any atom is 0.307 e. The predicted octanol–water partition coefficient (Wildman–Crippen LogP) is 4.25. The van der Waals surface area contributed by atoms with E-state index in [0.29, 0.717) is 32.1 Å². The van der Waals surface area contributed by atoms with Crippen molar-refractivity contribution in [1.29, 1.82) is 0 Å². The molecule has 0 aliphatic carbocycles. The van der Waals surface area contributed by atoms with Crippen LogP contribution in [0, 0.1) is 0 Å². The molecule has 1 aliphatic rings. The summed E-state index contributed by atoms with van der Waals surface area (Å²) in [7, 11) is 0. The largest absolute Gasteiger partial charge is 0.481 e. The molecule has 0 spiro atoms. The second kappa shape index (κ2) is 11.1. The number of aromatic nitrogens is 1. The first-order valence-corrected chi connectivity index (χ1v) is 11.7. The number of carbonyl (C=O) groups excluding carboxylic acids is 1. The Morgan fingerprint density at radius 1 is 1.14 bits per heavy atom. The third-order valence-electron chi connectivity index (χ3n) is 6.10. The minimum atomic E-state index is -0.840. The number of carbonyl (C=O) groups is 2. The molecule has 3 aromatic rings. The lowest BCUT2D eigenvalue weighted by molar-refractivity contribution is -0.136. The van der Waals surface area contributed by atoms with Crippen LogP contribution in [0.5, 0.6) is 0 Å². The van der Waals surface area contributed by atoms with E-state index in [1.165, 1.54) is 5.06 Å². The van der Waals surface area contributed by atoms with Crippen molar-refractivity contribution in [3.8, 4) is 0 Å². The van der Waals surface area contributed by atoms with Gasteiger partial charge in [-0.15, -0.1) is 0 Å². The molecule has 1 aliphatic heterocycles. The Kier molecular flexibility index (Phi) is 7.74. The molecule has 0 fully saturated rings. The zero-order valence-corrected chi connectivity index (χ0v) is 20.0. The Hall–Kier alpha value is -3.75. The molecule has 1 atom stereocenters. The molecule has 1 unspecified atom stereocenters. The number of aliphatic carboxylic acids is 1. The number of nitrogens with one attached hydrogen (secondary N) is 1. The molecule has 0 bridgehead atoms. The van der Waals surface area contributed by atoms with E-state index in [-0.39, 0.29) is 18.4 Å². The maximum atomic E-state index is 13.2. The molecule has 2 aromatic carbocycles. The molecule has 0 saturated carbocycles. The summed E-state index contributed by atoms with van der Waals surface area (Å²) in [4.78, 5) is 36.5. The van der Waals surface area contributed by atoms with E-state index in [9.17, 15) is 9.59 Å². The number of fused-ring (bicyclic) bond motifs is 1. The van der Waals surface area contributed by atoms with Crippen molar-refractivity contribution >= 4 is 17.6 Å². The van der Waals surface area contributed by atoms with Crippen LogP contribution in [0.15, 0.2) is 66.9 Å². The second-order valence-electron chi connectivity index (χ2n) is 8.54. The van der Waals surface area contributed by atoms with Crippen molar-refractivity contribution in [3.63, 3.8) is 0 Å².